The molecule has 0 spiro atoms. The number of ether oxygens (including phenoxy) is 1. The standard InChI is InChI=1S/C50H38BN5O/c1-49(2)40-22-13-21-38-35-27-26-34(30-39(35)47-53-44(31-15-6-5-7-16-31)46(50(49,3)4)54(47)45(38)40)57-33-18-12-17-32(29-33)55-48-43(25-14-28-52-48)56-42-24-11-9-20-37(42)36-19-8-10-23-41(36)51(55)56/h5-30H,1-4H3. The molecular formula is C50H38BN5O. The van der Waals surface area contributed by atoms with E-state index in [9.17, 15) is 0 Å². The summed E-state index contributed by atoms with van der Waals surface area (Å²) in [6, 6.07) is 54.0. The fourth-order valence-electron chi connectivity index (χ4n) is 9.98. The van der Waals surface area contributed by atoms with Crippen molar-refractivity contribution in [1.29, 1.82) is 0 Å². The summed E-state index contributed by atoms with van der Waals surface area (Å²) < 4.78 is 9.29. The molecule has 12 rings (SSSR count). The van der Waals surface area contributed by atoms with Crippen molar-refractivity contribution in [1.82, 2.24) is 14.4 Å². The van der Waals surface area contributed by atoms with Gasteiger partial charge in [0.05, 0.1) is 22.6 Å². The lowest BCUT2D eigenvalue weighted by atomic mass is 9.59. The van der Waals surface area contributed by atoms with Crippen LogP contribution in [0.4, 0.5) is 22.9 Å². The molecule has 6 heterocycles. The predicted molar refractivity (Wildman–Crippen MR) is 234 cm³/mol. The molecule has 0 saturated heterocycles. The van der Waals surface area contributed by atoms with Gasteiger partial charge in [-0.05, 0) is 70.5 Å². The van der Waals surface area contributed by atoms with E-state index in [2.05, 4.69) is 181 Å². The number of pyridine rings is 2. The van der Waals surface area contributed by atoms with Gasteiger partial charge < -0.3 is 14.4 Å². The zero-order valence-electron chi connectivity index (χ0n) is 32.2. The average molecular weight is 736 g/mol. The Morgan fingerprint density at radius 1 is 0.579 bits per heavy atom. The van der Waals surface area contributed by atoms with Crippen LogP contribution in [0.15, 0.2) is 158 Å². The number of anilines is 4. The second-order valence-electron chi connectivity index (χ2n) is 16.7. The predicted octanol–water partition coefficient (Wildman–Crippen LogP) is 11.7. The lowest BCUT2D eigenvalue weighted by Crippen LogP contribution is -2.55. The minimum Gasteiger partial charge on any atom is -0.457 e. The van der Waals surface area contributed by atoms with Crippen molar-refractivity contribution < 1.29 is 4.74 Å². The van der Waals surface area contributed by atoms with Gasteiger partial charge in [-0.2, -0.15) is 0 Å². The van der Waals surface area contributed by atoms with E-state index in [1.54, 1.807) is 0 Å². The Morgan fingerprint density at radius 2 is 1.33 bits per heavy atom. The molecule has 3 aliphatic rings. The third-order valence-corrected chi connectivity index (χ3v) is 13.3. The number of hydrogen-bond donors (Lipinski definition) is 0. The van der Waals surface area contributed by atoms with E-state index in [4.69, 9.17) is 14.7 Å². The first-order valence-corrected chi connectivity index (χ1v) is 19.8. The number of fused-ring (bicyclic) bond motifs is 11. The molecule has 0 radical (unpaired) electrons. The zero-order chi connectivity index (χ0) is 38.2. The van der Waals surface area contributed by atoms with E-state index in [1.165, 1.54) is 49.8 Å². The topological polar surface area (TPSA) is 45.9 Å². The van der Waals surface area contributed by atoms with Gasteiger partial charge in [0.1, 0.15) is 23.0 Å². The van der Waals surface area contributed by atoms with Crippen molar-refractivity contribution in [2.24, 2.45) is 0 Å². The maximum absolute atomic E-state index is 6.83. The molecular weight excluding hydrogens is 697 g/mol. The van der Waals surface area contributed by atoms with Crippen molar-refractivity contribution in [2.45, 2.75) is 38.5 Å². The van der Waals surface area contributed by atoms with E-state index in [-0.39, 0.29) is 17.8 Å². The highest BCUT2D eigenvalue weighted by atomic mass is 16.5. The fraction of sp³-hybridized carbons (Fsp3) is 0.120. The molecule has 0 amide bonds. The lowest BCUT2D eigenvalue weighted by Gasteiger charge is -2.46. The summed E-state index contributed by atoms with van der Waals surface area (Å²) in [5, 5.41) is 3.46. The normalized spacial score (nSPS) is 15.5. The Hall–Kier alpha value is -6.86. The summed E-state index contributed by atoms with van der Waals surface area (Å²) in [5.41, 5.74) is 13.6. The molecule has 57 heavy (non-hydrogen) atoms. The minimum atomic E-state index is -0.208. The number of imidazole rings is 1. The summed E-state index contributed by atoms with van der Waals surface area (Å²) in [6.07, 6.45) is 1.89. The monoisotopic (exact) mass is 735 g/mol. The highest BCUT2D eigenvalue weighted by Crippen LogP contribution is 2.54. The minimum absolute atomic E-state index is 0.107. The zero-order valence-corrected chi connectivity index (χ0v) is 32.2. The summed E-state index contributed by atoms with van der Waals surface area (Å²) >= 11 is 0. The molecule has 6 aromatic carbocycles. The molecule has 0 bridgehead atoms. The maximum atomic E-state index is 6.83. The molecule has 0 N–H and O–H groups in total. The van der Waals surface area contributed by atoms with E-state index < -0.39 is 0 Å². The Labute approximate surface area is 331 Å². The first-order valence-electron chi connectivity index (χ1n) is 19.8. The lowest BCUT2D eigenvalue weighted by molar-refractivity contribution is 0.289. The Morgan fingerprint density at radius 3 is 2.21 bits per heavy atom. The second-order valence-corrected chi connectivity index (χ2v) is 16.7. The molecule has 0 saturated carbocycles. The smallest absolute Gasteiger partial charge is 0.422 e. The van der Waals surface area contributed by atoms with E-state index >= 15 is 0 Å². The molecule has 0 aliphatic carbocycles. The summed E-state index contributed by atoms with van der Waals surface area (Å²) in [6.45, 7) is 9.41. The Bertz CT molecular complexity index is 3150. The first-order chi connectivity index (χ1) is 27.8. The van der Waals surface area contributed by atoms with Gasteiger partial charge in [0.2, 0.25) is 0 Å². The van der Waals surface area contributed by atoms with Crippen molar-refractivity contribution in [3.8, 4) is 33.9 Å². The molecule has 0 fully saturated rings. The molecule has 6 nitrogen and oxygen atoms in total. The quantitative estimate of drug-likeness (QED) is 0.133. The summed E-state index contributed by atoms with van der Waals surface area (Å²) in [7, 11) is 0. The van der Waals surface area contributed by atoms with Crippen LogP contribution in [0.25, 0.3) is 49.7 Å². The van der Waals surface area contributed by atoms with Gasteiger partial charge >= 0.3 is 6.98 Å². The van der Waals surface area contributed by atoms with Crippen LogP contribution in [0.5, 0.6) is 11.5 Å². The Balaban J connectivity index is 1.01. The van der Waals surface area contributed by atoms with Gasteiger partial charge in [0.15, 0.2) is 0 Å². The molecule has 9 aromatic rings. The van der Waals surface area contributed by atoms with Crippen molar-refractivity contribution >= 4 is 62.6 Å². The summed E-state index contributed by atoms with van der Waals surface area (Å²) in [4.78, 5) is 15.3. The van der Waals surface area contributed by atoms with Crippen LogP contribution in [-0.4, -0.2) is 21.4 Å². The van der Waals surface area contributed by atoms with Gasteiger partial charge in [-0.15, -0.1) is 0 Å². The third-order valence-electron chi connectivity index (χ3n) is 13.3. The SMILES string of the molecule is CC1(C)c2cccc3c4ccc(Oc5cccc(N6B7c8ccccc8-c8ccccc8N7c7cccnc76)c5)cc4c4nc(-c5ccccc5)c(n4c23)C1(C)C. The molecule has 272 valence electrons. The van der Waals surface area contributed by atoms with Crippen molar-refractivity contribution in [2.75, 3.05) is 9.62 Å². The van der Waals surface area contributed by atoms with Crippen LogP contribution in [0.2, 0.25) is 0 Å². The average Bonchev–Trinajstić information content (AvgIpc) is 3.83. The number of aromatic nitrogens is 3. The second kappa shape index (κ2) is 11.4. The van der Waals surface area contributed by atoms with Crippen LogP contribution in [0.1, 0.15) is 39.0 Å². The van der Waals surface area contributed by atoms with E-state index in [1.807, 2.05) is 18.3 Å². The number of nitrogens with zero attached hydrogens (tertiary/aromatic N) is 5. The largest absolute Gasteiger partial charge is 0.457 e. The molecule has 0 atom stereocenters. The molecule has 7 heteroatoms. The van der Waals surface area contributed by atoms with Gasteiger partial charge in [0.25, 0.3) is 0 Å². The van der Waals surface area contributed by atoms with Crippen LogP contribution < -0.4 is 19.8 Å². The van der Waals surface area contributed by atoms with Crippen LogP contribution in [-0.2, 0) is 10.8 Å². The van der Waals surface area contributed by atoms with Crippen molar-refractivity contribution in [3.05, 3.63) is 169 Å². The summed E-state index contributed by atoms with van der Waals surface area (Å²) in [5.74, 6) is 2.43. The van der Waals surface area contributed by atoms with Gasteiger partial charge in [0, 0.05) is 56.4 Å². The van der Waals surface area contributed by atoms with Crippen LogP contribution >= 0.6 is 0 Å². The molecule has 0 unspecified atom stereocenters. The number of para-hydroxylation sites is 2. The highest BCUT2D eigenvalue weighted by molar-refractivity contribution is 6.86. The van der Waals surface area contributed by atoms with Crippen LogP contribution in [0, 0.1) is 0 Å². The number of rotatable bonds is 4. The molecule has 3 aliphatic heterocycles. The number of benzene rings is 6. The number of hydrogen-bond acceptors (Lipinski definition) is 5. The van der Waals surface area contributed by atoms with Gasteiger partial charge in [-0.25, -0.2) is 9.97 Å². The Kier molecular flexibility index (Phi) is 6.46. The third kappa shape index (κ3) is 4.26. The fourth-order valence-corrected chi connectivity index (χ4v) is 9.98. The molecule has 3 aromatic heterocycles. The van der Waals surface area contributed by atoms with Gasteiger partial charge in [-0.3, -0.25) is 4.40 Å². The van der Waals surface area contributed by atoms with Crippen molar-refractivity contribution in [3.63, 3.8) is 0 Å². The maximum Gasteiger partial charge on any atom is 0.422 e. The van der Waals surface area contributed by atoms with E-state index in [0.29, 0.717) is 0 Å². The van der Waals surface area contributed by atoms with E-state index in [0.717, 1.165) is 51.0 Å². The van der Waals surface area contributed by atoms with Gasteiger partial charge in [-0.1, -0.05) is 125 Å². The van der Waals surface area contributed by atoms with Crippen LogP contribution in [0.3, 0.4) is 0 Å². The first kappa shape index (κ1) is 32.4. The highest BCUT2D eigenvalue weighted by Gasteiger charge is 2.49.